The van der Waals surface area contributed by atoms with Crippen LogP contribution in [0.25, 0.3) is 0 Å². The molecule has 1 aromatic heterocycles. The van der Waals surface area contributed by atoms with E-state index in [4.69, 9.17) is 4.74 Å². The molecule has 1 N–H and O–H groups in total. The van der Waals surface area contributed by atoms with Gasteiger partial charge in [-0.2, -0.15) is 0 Å². The van der Waals surface area contributed by atoms with Gasteiger partial charge in [0.1, 0.15) is 11.6 Å². The molecule has 0 unspecified atom stereocenters. The van der Waals surface area contributed by atoms with Gasteiger partial charge in [-0.05, 0) is 42.2 Å². The van der Waals surface area contributed by atoms with E-state index in [0.717, 1.165) is 36.0 Å². The van der Waals surface area contributed by atoms with Gasteiger partial charge in [0.15, 0.2) is 0 Å². The third-order valence-electron chi connectivity index (χ3n) is 8.85. The number of halogens is 2. The fourth-order valence-electron chi connectivity index (χ4n) is 6.50. The van der Waals surface area contributed by atoms with Crippen LogP contribution >= 0.6 is 0 Å². The van der Waals surface area contributed by atoms with E-state index in [1.165, 1.54) is 16.4 Å². The number of carbonyl (C=O) groups is 1. The van der Waals surface area contributed by atoms with Crippen molar-refractivity contribution in [2.24, 2.45) is 5.92 Å². The second-order valence-corrected chi connectivity index (χ2v) is 13.9. The average molecular weight is 629 g/mol. The van der Waals surface area contributed by atoms with Crippen LogP contribution < -0.4 is 10.2 Å². The molecule has 10 nitrogen and oxygen atoms in total. The zero-order valence-corrected chi connectivity index (χ0v) is 25.6. The van der Waals surface area contributed by atoms with E-state index in [9.17, 15) is 22.0 Å². The topological polar surface area (TPSA) is 100 Å². The maximum atomic E-state index is 15.0. The summed E-state index contributed by atoms with van der Waals surface area (Å²) in [6, 6.07) is 9.76. The van der Waals surface area contributed by atoms with Gasteiger partial charge in [-0.3, -0.25) is 10.1 Å². The molecule has 3 aliphatic rings. The van der Waals surface area contributed by atoms with E-state index in [1.807, 2.05) is 15.7 Å². The van der Waals surface area contributed by atoms with E-state index in [2.05, 4.69) is 40.3 Å². The molecule has 6 rings (SSSR count). The minimum Gasteiger partial charge on any atom is -0.378 e. The molecule has 2 atom stereocenters. The number of carbonyl (C=O) groups excluding carboxylic acids is 1. The number of benzene rings is 2. The molecule has 3 aromatic rings. The normalized spacial score (nSPS) is 22.5. The Morgan fingerprint density at radius 3 is 2.64 bits per heavy atom. The lowest BCUT2D eigenvalue weighted by Crippen LogP contribution is -2.37. The summed E-state index contributed by atoms with van der Waals surface area (Å²) in [5.41, 5.74) is 3.63. The number of amides is 1. The van der Waals surface area contributed by atoms with Crippen LogP contribution in [-0.2, 0) is 26.1 Å². The Labute approximate surface area is 256 Å². The number of hydrogen-bond acceptors (Lipinski definition) is 7. The molecular formula is C31H38F2N6O4S. The first-order chi connectivity index (χ1) is 21.2. The summed E-state index contributed by atoms with van der Waals surface area (Å²) < 4.78 is 62.3. The summed E-state index contributed by atoms with van der Waals surface area (Å²) in [6.45, 7) is 7.33. The molecule has 3 aliphatic heterocycles. The van der Waals surface area contributed by atoms with Gasteiger partial charge < -0.3 is 19.1 Å². The predicted molar refractivity (Wildman–Crippen MR) is 163 cm³/mol. The van der Waals surface area contributed by atoms with E-state index < -0.39 is 33.5 Å². The number of aromatic nitrogens is 2. The summed E-state index contributed by atoms with van der Waals surface area (Å²) in [6.07, 6.45) is 4.04. The Bertz CT molecular complexity index is 1610. The van der Waals surface area contributed by atoms with Gasteiger partial charge in [0.25, 0.3) is 0 Å². The number of nitrogens with zero attached hydrogens (tertiary/aromatic N) is 5. The van der Waals surface area contributed by atoms with Crippen LogP contribution in [-0.4, -0.2) is 97.9 Å². The molecule has 3 fully saturated rings. The molecule has 2 aromatic carbocycles. The maximum absolute atomic E-state index is 15.0. The number of hydrogen-bond donors (Lipinski definition) is 1. The van der Waals surface area contributed by atoms with E-state index in [0.29, 0.717) is 64.9 Å². The Morgan fingerprint density at radius 2 is 1.89 bits per heavy atom. The minimum atomic E-state index is -3.26. The standard InChI is InChI=1S/C31H38F2N6O4S/c1-22-3-4-23(29(17-22)37-12-14-43-15-13-37)19-38-9-7-34-31(38)35-30(40)27-21-36(10-11-39-8-2-16-44(39,41)42)20-26(27)25-6-5-24(32)18-28(25)33/h3-7,9,17-18,26-27H,2,8,10-16,19-21H2,1H3,(H,34,35,40)/t26-,27+/m0/s1. The molecule has 44 heavy (non-hydrogen) atoms. The van der Waals surface area contributed by atoms with Crippen LogP contribution in [0.15, 0.2) is 48.8 Å². The summed E-state index contributed by atoms with van der Waals surface area (Å²) in [5, 5.41) is 2.97. The quantitative estimate of drug-likeness (QED) is 0.389. The molecule has 4 heterocycles. The molecule has 0 aliphatic carbocycles. The van der Waals surface area contributed by atoms with Gasteiger partial charge in [-0.15, -0.1) is 0 Å². The van der Waals surface area contributed by atoms with Crippen LogP contribution in [0.5, 0.6) is 0 Å². The van der Waals surface area contributed by atoms with Gasteiger partial charge in [0.05, 0.1) is 31.4 Å². The van der Waals surface area contributed by atoms with Crippen molar-refractivity contribution < 1.29 is 26.7 Å². The van der Waals surface area contributed by atoms with Gasteiger partial charge in [-0.1, -0.05) is 18.2 Å². The number of nitrogens with one attached hydrogen (secondary N) is 1. The molecular weight excluding hydrogens is 590 g/mol. The van der Waals surface area contributed by atoms with Crippen LogP contribution in [0.2, 0.25) is 0 Å². The van der Waals surface area contributed by atoms with Gasteiger partial charge in [0.2, 0.25) is 21.9 Å². The van der Waals surface area contributed by atoms with Crippen molar-refractivity contribution in [1.82, 2.24) is 18.8 Å². The average Bonchev–Trinajstić information content (AvgIpc) is 3.71. The fraction of sp³-hybridized carbons (Fsp3) is 0.484. The molecule has 0 radical (unpaired) electrons. The van der Waals surface area contributed by atoms with Gasteiger partial charge in [-0.25, -0.2) is 26.5 Å². The van der Waals surface area contributed by atoms with Gasteiger partial charge in [0, 0.05) is 75.9 Å². The van der Waals surface area contributed by atoms with Crippen LogP contribution in [0.3, 0.4) is 0 Å². The Kier molecular flexibility index (Phi) is 8.99. The van der Waals surface area contributed by atoms with E-state index in [-0.39, 0.29) is 17.2 Å². The predicted octanol–water partition coefficient (Wildman–Crippen LogP) is 3.04. The first-order valence-corrected chi connectivity index (χ1v) is 16.7. The van der Waals surface area contributed by atoms with E-state index >= 15 is 0 Å². The maximum Gasteiger partial charge on any atom is 0.231 e. The fourth-order valence-corrected chi connectivity index (χ4v) is 8.02. The summed E-state index contributed by atoms with van der Waals surface area (Å²) in [7, 11) is -3.26. The Balaban J connectivity index is 1.20. The smallest absolute Gasteiger partial charge is 0.231 e. The molecule has 1 amide bonds. The Hall–Kier alpha value is -3.39. The molecule has 0 spiro atoms. The highest BCUT2D eigenvalue weighted by Gasteiger charge is 2.40. The summed E-state index contributed by atoms with van der Waals surface area (Å²) in [5.74, 6) is -2.38. The lowest BCUT2D eigenvalue weighted by molar-refractivity contribution is -0.120. The lowest BCUT2D eigenvalue weighted by atomic mass is 9.88. The van der Waals surface area contributed by atoms with Crippen molar-refractivity contribution in [3.05, 3.63) is 77.1 Å². The van der Waals surface area contributed by atoms with Crippen LogP contribution in [0.1, 0.15) is 29.0 Å². The number of aryl methyl sites for hydroxylation is 1. The molecule has 13 heteroatoms. The first kappa shape index (κ1) is 30.6. The number of likely N-dealkylation sites (tertiary alicyclic amines) is 1. The molecule has 236 valence electrons. The Morgan fingerprint density at radius 1 is 1.07 bits per heavy atom. The number of rotatable bonds is 9. The number of ether oxygens (including phenoxy) is 1. The monoisotopic (exact) mass is 628 g/mol. The summed E-state index contributed by atoms with van der Waals surface area (Å²) in [4.78, 5) is 22.5. The number of sulfonamides is 1. The molecule has 0 saturated carbocycles. The SMILES string of the molecule is Cc1ccc(Cn2ccnc2NC(=O)[C@@H]2CN(CCN3CCCS3(=O)=O)C[C@H]2c2ccc(F)cc2F)c(N2CCOCC2)c1. The molecule has 0 bridgehead atoms. The van der Waals surface area contributed by atoms with E-state index in [1.54, 1.807) is 6.20 Å². The third kappa shape index (κ3) is 6.65. The number of imidazole rings is 1. The highest BCUT2D eigenvalue weighted by atomic mass is 32.2. The van der Waals surface area contributed by atoms with Crippen molar-refractivity contribution in [2.75, 3.05) is 75.0 Å². The second kappa shape index (κ2) is 12.9. The molecule has 3 saturated heterocycles. The zero-order chi connectivity index (χ0) is 30.8. The van der Waals surface area contributed by atoms with Crippen molar-refractivity contribution in [1.29, 1.82) is 0 Å². The number of anilines is 2. The van der Waals surface area contributed by atoms with Crippen LogP contribution in [0.4, 0.5) is 20.4 Å². The van der Waals surface area contributed by atoms with Crippen molar-refractivity contribution in [3.63, 3.8) is 0 Å². The first-order valence-electron chi connectivity index (χ1n) is 15.1. The highest BCUT2D eigenvalue weighted by molar-refractivity contribution is 7.89. The lowest BCUT2D eigenvalue weighted by Gasteiger charge is -2.31. The largest absolute Gasteiger partial charge is 0.378 e. The zero-order valence-electron chi connectivity index (χ0n) is 24.8. The third-order valence-corrected chi connectivity index (χ3v) is 10.8. The van der Waals surface area contributed by atoms with Crippen molar-refractivity contribution in [2.45, 2.75) is 25.8 Å². The van der Waals surface area contributed by atoms with Gasteiger partial charge >= 0.3 is 0 Å². The highest BCUT2D eigenvalue weighted by Crippen LogP contribution is 2.35. The minimum absolute atomic E-state index is 0.143. The van der Waals surface area contributed by atoms with Crippen LogP contribution in [0, 0.1) is 24.5 Å². The number of morpholine rings is 1. The second-order valence-electron chi connectivity index (χ2n) is 11.8. The van der Waals surface area contributed by atoms with Crippen molar-refractivity contribution >= 4 is 27.6 Å². The van der Waals surface area contributed by atoms with Crippen molar-refractivity contribution in [3.8, 4) is 0 Å². The summed E-state index contributed by atoms with van der Waals surface area (Å²) >= 11 is 0.